The van der Waals surface area contributed by atoms with E-state index in [9.17, 15) is 8.42 Å². The average molecular weight is 273 g/mol. The minimum atomic E-state index is -3.68. The second kappa shape index (κ2) is 6.17. The molecule has 5 nitrogen and oxygen atoms in total. The Morgan fingerprint density at radius 2 is 1.83 bits per heavy atom. The molecule has 0 unspecified atom stereocenters. The summed E-state index contributed by atoms with van der Waals surface area (Å²) in [5.41, 5.74) is 1.39. The molecule has 1 aromatic carbocycles. The van der Waals surface area contributed by atoms with Crippen molar-refractivity contribution in [1.82, 2.24) is 0 Å². The molecule has 6 heteroatoms. The number of hydrogen-bond donors (Lipinski definition) is 1. The first-order chi connectivity index (χ1) is 8.38. The second-order valence-electron chi connectivity index (χ2n) is 3.90. The Balaban J connectivity index is 2.88. The molecule has 1 rings (SSSR count). The van der Waals surface area contributed by atoms with E-state index in [1.807, 2.05) is 6.92 Å². The lowest BCUT2D eigenvalue weighted by atomic mass is 10.1. The fourth-order valence-corrected chi connectivity index (χ4v) is 2.43. The Kier molecular flexibility index (Phi) is 5.13. The van der Waals surface area contributed by atoms with Gasteiger partial charge in [-0.2, -0.15) is 0 Å². The Hall–Kier alpha value is -1.11. The van der Waals surface area contributed by atoms with Crippen LogP contribution in [0.5, 0.6) is 5.75 Å². The summed E-state index contributed by atoms with van der Waals surface area (Å²) in [6, 6.07) is 3.09. The summed E-state index contributed by atoms with van der Waals surface area (Å²) < 4.78 is 33.4. The van der Waals surface area contributed by atoms with E-state index in [-0.39, 0.29) is 4.90 Å². The molecule has 0 saturated heterocycles. The highest BCUT2D eigenvalue weighted by molar-refractivity contribution is 7.89. The molecule has 0 atom stereocenters. The third-order valence-corrected chi connectivity index (χ3v) is 3.74. The molecular weight excluding hydrogens is 254 g/mol. The standard InChI is InChI=1S/C12H19NO4S/c1-4-16-7-8-17-11-5-6-12(18(13,14)15)10(3)9(11)2/h5-6H,4,7-8H2,1-3H3,(H2,13,14,15). The van der Waals surface area contributed by atoms with Crippen molar-refractivity contribution in [3.63, 3.8) is 0 Å². The summed E-state index contributed by atoms with van der Waals surface area (Å²) in [6.07, 6.45) is 0. The highest BCUT2D eigenvalue weighted by Crippen LogP contribution is 2.26. The van der Waals surface area contributed by atoms with Gasteiger partial charge < -0.3 is 9.47 Å². The lowest BCUT2D eigenvalue weighted by molar-refractivity contribution is 0.110. The van der Waals surface area contributed by atoms with Crippen LogP contribution in [0.3, 0.4) is 0 Å². The van der Waals surface area contributed by atoms with Crippen molar-refractivity contribution in [3.05, 3.63) is 23.3 Å². The fourth-order valence-electron chi connectivity index (χ4n) is 1.59. The van der Waals surface area contributed by atoms with Crippen LogP contribution in [-0.4, -0.2) is 28.2 Å². The Bertz CT molecular complexity index is 511. The van der Waals surface area contributed by atoms with Gasteiger partial charge in [0.15, 0.2) is 0 Å². The largest absolute Gasteiger partial charge is 0.491 e. The molecule has 0 spiro atoms. The summed E-state index contributed by atoms with van der Waals surface area (Å²) in [5, 5.41) is 5.13. The van der Waals surface area contributed by atoms with Gasteiger partial charge in [0.1, 0.15) is 12.4 Å². The zero-order chi connectivity index (χ0) is 13.8. The number of primary sulfonamides is 1. The van der Waals surface area contributed by atoms with Gasteiger partial charge in [-0.15, -0.1) is 0 Å². The summed E-state index contributed by atoms with van der Waals surface area (Å²) in [6.45, 7) is 7.02. The van der Waals surface area contributed by atoms with Crippen LogP contribution in [0.1, 0.15) is 18.1 Å². The number of benzene rings is 1. The van der Waals surface area contributed by atoms with Gasteiger partial charge in [0, 0.05) is 6.61 Å². The van der Waals surface area contributed by atoms with Crippen LogP contribution in [0.2, 0.25) is 0 Å². The zero-order valence-electron chi connectivity index (χ0n) is 10.9. The van der Waals surface area contributed by atoms with Crippen LogP contribution < -0.4 is 9.88 Å². The van der Waals surface area contributed by atoms with Crippen LogP contribution >= 0.6 is 0 Å². The maximum atomic E-state index is 11.3. The van der Waals surface area contributed by atoms with Crippen molar-refractivity contribution >= 4 is 10.0 Å². The summed E-state index contributed by atoms with van der Waals surface area (Å²) in [4.78, 5) is 0.136. The van der Waals surface area contributed by atoms with Crippen LogP contribution in [0.15, 0.2) is 17.0 Å². The highest BCUT2D eigenvalue weighted by atomic mass is 32.2. The van der Waals surface area contributed by atoms with Gasteiger partial charge in [-0.25, -0.2) is 13.6 Å². The van der Waals surface area contributed by atoms with Gasteiger partial charge in [-0.1, -0.05) is 0 Å². The van der Waals surface area contributed by atoms with Gasteiger partial charge in [0.2, 0.25) is 10.0 Å². The van der Waals surface area contributed by atoms with E-state index in [0.29, 0.717) is 31.1 Å². The average Bonchev–Trinajstić information content (AvgIpc) is 2.28. The topological polar surface area (TPSA) is 78.6 Å². The molecular formula is C12H19NO4S. The number of nitrogens with two attached hydrogens (primary N) is 1. The number of hydrogen-bond acceptors (Lipinski definition) is 4. The number of ether oxygens (including phenoxy) is 2. The first-order valence-electron chi connectivity index (χ1n) is 5.71. The summed E-state index contributed by atoms with van der Waals surface area (Å²) in [7, 11) is -3.68. The third kappa shape index (κ3) is 3.69. The molecule has 18 heavy (non-hydrogen) atoms. The molecule has 0 fully saturated rings. The summed E-state index contributed by atoms with van der Waals surface area (Å²) >= 11 is 0. The normalized spacial score (nSPS) is 11.6. The second-order valence-corrected chi connectivity index (χ2v) is 5.43. The van der Waals surface area contributed by atoms with Crippen molar-refractivity contribution < 1.29 is 17.9 Å². The third-order valence-electron chi connectivity index (χ3n) is 2.68. The fraction of sp³-hybridized carbons (Fsp3) is 0.500. The van der Waals surface area contributed by atoms with E-state index in [4.69, 9.17) is 14.6 Å². The molecule has 102 valence electrons. The number of rotatable bonds is 6. The van der Waals surface area contributed by atoms with Crippen LogP contribution in [0.4, 0.5) is 0 Å². The van der Waals surface area contributed by atoms with E-state index in [1.54, 1.807) is 19.9 Å². The lowest BCUT2D eigenvalue weighted by Gasteiger charge is -2.13. The van der Waals surface area contributed by atoms with Gasteiger partial charge in [0.05, 0.1) is 11.5 Å². The van der Waals surface area contributed by atoms with Crippen LogP contribution in [0.25, 0.3) is 0 Å². The highest BCUT2D eigenvalue weighted by Gasteiger charge is 2.15. The van der Waals surface area contributed by atoms with E-state index in [0.717, 1.165) is 5.56 Å². The maximum Gasteiger partial charge on any atom is 0.238 e. The molecule has 0 radical (unpaired) electrons. The predicted octanol–water partition coefficient (Wildman–Crippen LogP) is 1.37. The SMILES string of the molecule is CCOCCOc1ccc(S(N)(=O)=O)c(C)c1C. The molecule has 0 aliphatic carbocycles. The van der Waals surface area contributed by atoms with Gasteiger partial charge in [-0.05, 0) is 44.0 Å². The molecule has 0 aliphatic rings. The Morgan fingerprint density at radius 1 is 1.17 bits per heavy atom. The van der Waals surface area contributed by atoms with E-state index < -0.39 is 10.0 Å². The van der Waals surface area contributed by atoms with Gasteiger partial charge >= 0.3 is 0 Å². The molecule has 0 saturated carbocycles. The summed E-state index contributed by atoms with van der Waals surface area (Å²) in [5.74, 6) is 0.652. The first-order valence-corrected chi connectivity index (χ1v) is 7.26. The first kappa shape index (κ1) is 14.9. The molecule has 0 aromatic heterocycles. The lowest BCUT2D eigenvalue weighted by Crippen LogP contribution is -2.15. The molecule has 0 heterocycles. The van der Waals surface area contributed by atoms with Crippen molar-refractivity contribution in [2.45, 2.75) is 25.7 Å². The van der Waals surface area contributed by atoms with Crippen molar-refractivity contribution in [2.75, 3.05) is 19.8 Å². The van der Waals surface area contributed by atoms with Gasteiger partial charge in [-0.3, -0.25) is 0 Å². The molecule has 2 N–H and O–H groups in total. The van der Waals surface area contributed by atoms with E-state index >= 15 is 0 Å². The molecule has 1 aromatic rings. The van der Waals surface area contributed by atoms with E-state index in [1.165, 1.54) is 6.07 Å². The van der Waals surface area contributed by atoms with Gasteiger partial charge in [0.25, 0.3) is 0 Å². The molecule has 0 amide bonds. The monoisotopic (exact) mass is 273 g/mol. The number of sulfonamides is 1. The zero-order valence-corrected chi connectivity index (χ0v) is 11.7. The Morgan fingerprint density at radius 3 is 2.39 bits per heavy atom. The molecule has 0 aliphatic heterocycles. The Labute approximate surface area is 108 Å². The maximum absolute atomic E-state index is 11.3. The van der Waals surface area contributed by atoms with Crippen molar-refractivity contribution in [1.29, 1.82) is 0 Å². The van der Waals surface area contributed by atoms with E-state index in [2.05, 4.69) is 0 Å². The van der Waals surface area contributed by atoms with Crippen molar-refractivity contribution in [3.8, 4) is 5.75 Å². The smallest absolute Gasteiger partial charge is 0.238 e. The van der Waals surface area contributed by atoms with Crippen LogP contribution in [-0.2, 0) is 14.8 Å². The minimum Gasteiger partial charge on any atom is -0.491 e. The van der Waals surface area contributed by atoms with Crippen LogP contribution in [0, 0.1) is 13.8 Å². The minimum absolute atomic E-state index is 0.136. The van der Waals surface area contributed by atoms with Crippen molar-refractivity contribution in [2.24, 2.45) is 5.14 Å². The predicted molar refractivity (Wildman–Crippen MR) is 69.3 cm³/mol. The molecule has 0 bridgehead atoms. The quantitative estimate of drug-likeness (QED) is 0.794.